The first-order valence-corrected chi connectivity index (χ1v) is 7.75. The Bertz CT molecular complexity index is 534. The molecule has 0 N–H and O–H groups in total. The standard InChI is InChI=1S/C15H17Cl2NO3/c16-11-6-7-13(12(17)9-11)21-15(20)10-18-8-4-2-1-3-5-14(18)19/h6-7,9H,1-5,8,10H2. The first-order valence-electron chi connectivity index (χ1n) is 7.00. The molecule has 1 saturated heterocycles. The van der Waals surface area contributed by atoms with Gasteiger partial charge in [0.1, 0.15) is 12.3 Å². The molecule has 0 aromatic heterocycles. The van der Waals surface area contributed by atoms with Gasteiger partial charge in [0.05, 0.1) is 5.02 Å². The summed E-state index contributed by atoms with van der Waals surface area (Å²) in [5.74, 6) is -0.229. The van der Waals surface area contributed by atoms with Crippen LogP contribution in [0.4, 0.5) is 0 Å². The minimum absolute atomic E-state index is 0.00820. The Morgan fingerprint density at radius 1 is 1.19 bits per heavy atom. The van der Waals surface area contributed by atoms with Gasteiger partial charge in [-0.25, -0.2) is 4.79 Å². The number of carbonyl (C=O) groups excluding carboxylic acids is 2. The molecule has 114 valence electrons. The lowest BCUT2D eigenvalue weighted by molar-refractivity contribution is -0.143. The van der Waals surface area contributed by atoms with Gasteiger partial charge in [-0.05, 0) is 31.0 Å². The summed E-state index contributed by atoms with van der Waals surface area (Å²) < 4.78 is 5.20. The van der Waals surface area contributed by atoms with Crippen LogP contribution in [0.25, 0.3) is 0 Å². The van der Waals surface area contributed by atoms with E-state index < -0.39 is 5.97 Å². The zero-order valence-corrected chi connectivity index (χ0v) is 13.1. The summed E-state index contributed by atoms with van der Waals surface area (Å²) in [7, 11) is 0. The molecule has 1 aliphatic heterocycles. The molecule has 0 atom stereocenters. The highest BCUT2D eigenvalue weighted by molar-refractivity contribution is 6.35. The number of ether oxygens (including phenoxy) is 1. The monoisotopic (exact) mass is 329 g/mol. The van der Waals surface area contributed by atoms with Crippen molar-refractivity contribution in [3.63, 3.8) is 0 Å². The molecule has 0 saturated carbocycles. The van der Waals surface area contributed by atoms with Gasteiger partial charge in [-0.15, -0.1) is 0 Å². The second-order valence-corrected chi connectivity index (χ2v) is 5.87. The van der Waals surface area contributed by atoms with E-state index in [1.54, 1.807) is 11.0 Å². The van der Waals surface area contributed by atoms with Crippen LogP contribution in [0.2, 0.25) is 10.0 Å². The third-order valence-corrected chi connectivity index (χ3v) is 3.89. The fourth-order valence-electron chi connectivity index (χ4n) is 2.25. The lowest BCUT2D eigenvalue weighted by Crippen LogP contribution is -2.38. The maximum atomic E-state index is 12.0. The van der Waals surface area contributed by atoms with Gasteiger partial charge in [0.25, 0.3) is 0 Å². The van der Waals surface area contributed by atoms with Gasteiger partial charge < -0.3 is 9.64 Å². The number of hydrogen-bond donors (Lipinski definition) is 0. The molecular formula is C15H17Cl2NO3. The van der Waals surface area contributed by atoms with E-state index in [0.29, 0.717) is 18.0 Å². The molecule has 0 bridgehead atoms. The summed E-state index contributed by atoms with van der Waals surface area (Å²) in [6.07, 6.45) is 4.45. The van der Waals surface area contributed by atoms with Gasteiger partial charge in [-0.2, -0.15) is 0 Å². The number of benzene rings is 1. The summed E-state index contributed by atoms with van der Waals surface area (Å²) in [4.78, 5) is 25.5. The number of nitrogens with zero attached hydrogens (tertiary/aromatic N) is 1. The minimum Gasteiger partial charge on any atom is -0.424 e. The quantitative estimate of drug-likeness (QED) is 0.627. The highest BCUT2D eigenvalue weighted by Gasteiger charge is 2.20. The van der Waals surface area contributed by atoms with Crippen LogP contribution in [-0.4, -0.2) is 29.9 Å². The molecule has 2 rings (SSSR count). The van der Waals surface area contributed by atoms with Crippen LogP contribution in [0.3, 0.4) is 0 Å². The summed E-state index contributed by atoms with van der Waals surface area (Å²) in [5.41, 5.74) is 0. The Morgan fingerprint density at radius 2 is 1.95 bits per heavy atom. The Kier molecular flexibility index (Phi) is 5.88. The normalized spacial score (nSPS) is 16.3. The van der Waals surface area contributed by atoms with Crippen molar-refractivity contribution in [2.45, 2.75) is 32.1 Å². The smallest absolute Gasteiger partial charge is 0.331 e. The van der Waals surface area contributed by atoms with E-state index in [1.807, 2.05) is 0 Å². The average Bonchev–Trinajstić information content (AvgIpc) is 2.42. The maximum absolute atomic E-state index is 12.0. The van der Waals surface area contributed by atoms with Crippen molar-refractivity contribution in [3.05, 3.63) is 28.2 Å². The van der Waals surface area contributed by atoms with Crippen LogP contribution in [0.5, 0.6) is 5.75 Å². The zero-order valence-electron chi connectivity index (χ0n) is 11.6. The summed E-state index contributed by atoms with van der Waals surface area (Å²) in [5, 5.41) is 0.744. The van der Waals surface area contributed by atoms with E-state index in [9.17, 15) is 9.59 Å². The van der Waals surface area contributed by atoms with E-state index in [0.717, 1.165) is 25.7 Å². The molecule has 1 heterocycles. The minimum atomic E-state index is -0.492. The molecule has 6 heteroatoms. The molecule has 1 aromatic carbocycles. The second kappa shape index (κ2) is 7.66. The Balaban J connectivity index is 1.95. The van der Waals surface area contributed by atoms with Crippen molar-refractivity contribution in [2.24, 2.45) is 0 Å². The highest BCUT2D eigenvalue weighted by Crippen LogP contribution is 2.27. The van der Waals surface area contributed by atoms with E-state index in [2.05, 4.69) is 0 Å². The lowest BCUT2D eigenvalue weighted by Gasteiger charge is -2.23. The van der Waals surface area contributed by atoms with Crippen LogP contribution in [0, 0.1) is 0 Å². The number of likely N-dealkylation sites (tertiary alicyclic amines) is 1. The number of amides is 1. The number of carbonyl (C=O) groups is 2. The van der Waals surface area contributed by atoms with Crippen molar-refractivity contribution in [1.82, 2.24) is 4.90 Å². The van der Waals surface area contributed by atoms with Crippen LogP contribution < -0.4 is 4.74 Å². The fraction of sp³-hybridized carbons (Fsp3) is 0.467. The van der Waals surface area contributed by atoms with Gasteiger partial charge in [0.2, 0.25) is 5.91 Å². The average molecular weight is 330 g/mol. The van der Waals surface area contributed by atoms with Gasteiger partial charge in [-0.1, -0.05) is 36.0 Å². The molecule has 0 aliphatic carbocycles. The third kappa shape index (κ3) is 4.90. The molecule has 0 radical (unpaired) electrons. The molecule has 1 aliphatic rings. The zero-order chi connectivity index (χ0) is 15.2. The first kappa shape index (κ1) is 16.1. The summed E-state index contributed by atoms with van der Waals surface area (Å²) in [6, 6.07) is 4.64. The number of halogens is 2. The fourth-order valence-corrected chi connectivity index (χ4v) is 2.70. The van der Waals surface area contributed by atoms with Gasteiger partial charge in [0, 0.05) is 18.0 Å². The summed E-state index contributed by atoms with van der Waals surface area (Å²) >= 11 is 11.7. The highest BCUT2D eigenvalue weighted by atomic mass is 35.5. The van der Waals surface area contributed by atoms with Crippen LogP contribution in [-0.2, 0) is 9.59 Å². The van der Waals surface area contributed by atoms with Crippen molar-refractivity contribution in [1.29, 1.82) is 0 Å². The topological polar surface area (TPSA) is 46.6 Å². The van der Waals surface area contributed by atoms with E-state index in [-0.39, 0.29) is 23.2 Å². The molecular weight excluding hydrogens is 313 g/mol. The molecule has 1 fully saturated rings. The Labute approximate surface area is 134 Å². The first-order chi connectivity index (χ1) is 10.1. The van der Waals surface area contributed by atoms with Crippen molar-refractivity contribution in [2.75, 3.05) is 13.1 Å². The number of hydrogen-bond acceptors (Lipinski definition) is 3. The number of esters is 1. The maximum Gasteiger partial charge on any atom is 0.331 e. The van der Waals surface area contributed by atoms with Gasteiger partial charge in [0.15, 0.2) is 0 Å². The van der Waals surface area contributed by atoms with Gasteiger partial charge >= 0.3 is 5.97 Å². The molecule has 0 spiro atoms. The molecule has 0 unspecified atom stereocenters. The predicted octanol–water partition coefficient (Wildman–Crippen LogP) is 3.69. The van der Waals surface area contributed by atoms with Gasteiger partial charge in [-0.3, -0.25) is 4.79 Å². The third-order valence-electron chi connectivity index (χ3n) is 3.36. The van der Waals surface area contributed by atoms with Crippen LogP contribution in [0.1, 0.15) is 32.1 Å². The molecule has 1 amide bonds. The molecule has 1 aromatic rings. The van der Waals surface area contributed by atoms with Crippen molar-refractivity contribution < 1.29 is 14.3 Å². The Hall–Kier alpha value is -1.26. The molecule has 21 heavy (non-hydrogen) atoms. The van der Waals surface area contributed by atoms with Crippen molar-refractivity contribution in [3.8, 4) is 5.75 Å². The van der Waals surface area contributed by atoms with Crippen molar-refractivity contribution >= 4 is 35.1 Å². The Morgan fingerprint density at radius 3 is 2.71 bits per heavy atom. The van der Waals surface area contributed by atoms with E-state index >= 15 is 0 Å². The van der Waals surface area contributed by atoms with E-state index in [1.165, 1.54) is 12.1 Å². The predicted molar refractivity (Wildman–Crippen MR) is 81.8 cm³/mol. The SMILES string of the molecule is O=C(CN1CCCCCCC1=O)Oc1ccc(Cl)cc1Cl. The van der Waals surface area contributed by atoms with Crippen LogP contribution in [0.15, 0.2) is 18.2 Å². The number of rotatable bonds is 3. The lowest BCUT2D eigenvalue weighted by atomic mass is 10.1. The van der Waals surface area contributed by atoms with Crippen LogP contribution >= 0.6 is 23.2 Å². The largest absolute Gasteiger partial charge is 0.424 e. The summed E-state index contributed by atoms with van der Waals surface area (Å²) in [6.45, 7) is 0.556. The van der Waals surface area contributed by atoms with E-state index in [4.69, 9.17) is 27.9 Å². The molecule has 4 nitrogen and oxygen atoms in total. The second-order valence-electron chi connectivity index (χ2n) is 5.03.